The Hall–Kier alpha value is -2.90. The quantitative estimate of drug-likeness (QED) is 0.813. The molecule has 2 aliphatic rings. The molecule has 0 radical (unpaired) electrons. The van der Waals surface area contributed by atoms with Crippen LogP contribution in [0.1, 0.15) is 16.8 Å². The number of para-hydroxylation sites is 1. The summed E-state index contributed by atoms with van der Waals surface area (Å²) in [4.78, 5) is 41.5. The normalized spacial score (nSPS) is 19.1. The third-order valence-electron chi connectivity index (χ3n) is 5.35. The van der Waals surface area contributed by atoms with Gasteiger partial charge in [0.25, 0.3) is 5.91 Å². The van der Waals surface area contributed by atoms with Crippen molar-refractivity contribution < 1.29 is 19.1 Å². The number of nitrogens with zero attached hydrogens (tertiary/aromatic N) is 2. The summed E-state index contributed by atoms with van der Waals surface area (Å²) in [5.74, 6) is -1.03. The minimum absolute atomic E-state index is 0.116. The lowest BCUT2D eigenvalue weighted by atomic mass is 10.1. The zero-order chi connectivity index (χ0) is 21.1. The Balaban J connectivity index is 1.46. The second-order valence-corrected chi connectivity index (χ2v) is 7.76. The first kappa shape index (κ1) is 20.4. The van der Waals surface area contributed by atoms with Crippen molar-refractivity contribution in [2.45, 2.75) is 6.42 Å². The number of anilines is 2. The number of halogens is 1. The van der Waals surface area contributed by atoms with Crippen LogP contribution in [0, 0.1) is 5.92 Å². The van der Waals surface area contributed by atoms with Gasteiger partial charge in [-0.15, -0.1) is 0 Å². The summed E-state index contributed by atoms with van der Waals surface area (Å²) in [5.41, 5.74) is 1.60. The number of morpholine rings is 1. The fourth-order valence-electron chi connectivity index (χ4n) is 3.70. The van der Waals surface area contributed by atoms with Crippen LogP contribution in [0.4, 0.5) is 11.4 Å². The first-order valence-electron chi connectivity index (χ1n) is 9.86. The first-order valence-corrected chi connectivity index (χ1v) is 10.2. The lowest BCUT2D eigenvalue weighted by Gasteiger charge is -2.27. The number of ether oxygens (including phenoxy) is 1. The van der Waals surface area contributed by atoms with Crippen molar-refractivity contribution in [3.8, 4) is 0 Å². The van der Waals surface area contributed by atoms with Gasteiger partial charge in [-0.05, 0) is 36.4 Å². The van der Waals surface area contributed by atoms with Crippen molar-refractivity contribution in [1.29, 1.82) is 0 Å². The van der Waals surface area contributed by atoms with Crippen molar-refractivity contribution in [3.63, 3.8) is 0 Å². The van der Waals surface area contributed by atoms with Gasteiger partial charge in [-0.1, -0.05) is 23.7 Å². The van der Waals surface area contributed by atoms with E-state index in [-0.39, 0.29) is 30.7 Å². The van der Waals surface area contributed by atoms with Crippen LogP contribution in [0.5, 0.6) is 0 Å². The molecule has 0 aromatic heterocycles. The molecule has 2 aromatic rings. The summed E-state index contributed by atoms with van der Waals surface area (Å²) < 4.78 is 5.30. The van der Waals surface area contributed by atoms with E-state index in [1.807, 2.05) is 0 Å². The molecule has 4 rings (SSSR count). The maximum absolute atomic E-state index is 12.9. The lowest BCUT2D eigenvalue weighted by molar-refractivity contribution is -0.122. The highest BCUT2D eigenvalue weighted by Crippen LogP contribution is 2.28. The summed E-state index contributed by atoms with van der Waals surface area (Å²) in [6.45, 7) is 2.34. The Morgan fingerprint density at radius 3 is 2.47 bits per heavy atom. The predicted molar refractivity (Wildman–Crippen MR) is 114 cm³/mol. The molecule has 7 nitrogen and oxygen atoms in total. The molecule has 2 aromatic carbocycles. The van der Waals surface area contributed by atoms with Crippen LogP contribution in [-0.2, 0) is 14.3 Å². The number of rotatable bonds is 4. The van der Waals surface area contributed by atoms with Crippen molar-refractivity contribution in [2.75, 3.05) is 43.1 Å². The second-order valence-electron chi connectivity index (χ2n) is 7.32. The summed E-state index contributed by atoms with van der Waals surface area (Å²) in [6.07, 6.45) is 0.119. The van der Waals surface area contributed by atoms with Gasteiger partial charge in [0.2, 0.25) is 11.8 Å². The van der Waals surface area contributed by atoms with Crippen LogP contribution < -0.4 is 10.2 Å². The Labute approximate surface area is 179 Å². The Morgan fingerprint density at radius 2 is 1.73 bits per heavy atom. The van der Waals surface area contributed by atoms with E-state index in [2.05, 4.69) is 5.32 Å². The number of carbonyl (C=O) groups is 3. The summed E-state index contributed by atoms with van der Waals surface area (Å²) in [7, 11) is 0. The molecule has 1 unspecified atom stereocenters. The number of benzene rings is 2. The van der Waals surface area contributed by atoms with Gasteiger partial charge in [-0.25, -0.2) is 0 Å². The highest BCUT2D eigenvalue weighted by Gasteiger charge is 2.35. The number of carbonyl (C=O) groups excluding carboxylic acids is 3. The minimum Gasteiger partial charge on any atom is -0.378 e. The molecule has 30 heavy (non-hydrogen) atoms. The van der Waals surface area contributed by atoms with E-state index in [0.29, 0.717) is 48.3 Å². The topological polar surface area (TPSA) is 79.0 Å². The average Bonchev–Trinajstić information content (AvgIpc) is 3.16. The van der Waals surface area contributed by atoms with Crippen molar-refractivity contribution in [2.24, 2.45) is 5.92 Å². The molecule has 2 heterocycles. The maximum Gasteiger partial charge on any atom is 0.256 e. The van der Waals surface area contributed by atoms with Crippen LogP contribution in [0.25, 0.3) is 0 Å². The van der Waals surface area contributed by atoms with Crippen LogP contribution >= 0.6 is 11.6 Å². The van der Waals surface area contributed by atoms with E-state index >= 15 is 0 Å². The van der Waals surface area contributed by atoms with Gasteiger partial charge in [-0.3, -0.25) is 14.4 Å². The van der Waals surface area contributed by atoms with Crippen molar-refractivity contribution in [3.05, 3.63) is 59.1 Å². The molecule has 0 bridgehead atoms. The molecule has 0 saturated carbocycles. The van der Waals surface area contributed by atoms with E-state index in [1.165, 1.54) is 0 Å². The fourth-order valence-corrected chi connectivity index (χ4v) is 3.83. The average molecular weight is 428 g/mol. The molecular formula is C22H22ClN3O4. The molecule has 1 N–H and O–H groups in total. The van der Waals surface area contributed by atoms with Crippen LogP contribution in [0.15, 0.2) is 48.5 Å². The van der Waals surface area contributed by atoms with Crippen LogP contribution in [0.3, 0.4) is 0 Å². The molecule has 0 aliphatic carbocycles. The molecule has 156 valence electrons. The second kappa shape index (κ2) is 8.85. The molecule has 1 atom stereocenters. The van der Waals surface area contributed by atoms with E-state index in [4.69, 9.17) is 16.3 Å². The Kier molecular flexibility index (Phi) is 6.01. The summed E-state index contributed by atoms with van der Waals surface area (Å²) in [5, 5.41) is 3.44. The Morgan fingerprint density at radius 1 is 1.03 bits per heavy atom. The number of nitrogens with one attached hydrogen (secondary N) is 1. The maximum atomic E-state index is 12.9. The van der Waals surface area contributed by atoms with E-state index < -0.39 is 5.92 Å². The molecule has 2 fully saturated rings. The molecular weight excluding hydrogens is 406 g/mol. The highest BCUT2D eigenvalue weighted by atomic mass is 35.5. The van der Waals surface area contributed by atoms with Gasteiger partial charge in [-0.2, -0.15) is 0 Å². The van der Waals surface area contributed by atoms with Crippen molar-refractivity contribution in [1.82, 2.24) is 4.90 Å². The third kappa shape index (κ3) is 4.32. The molecule has 2 saturated heterocycles. The van der Waals surface area contributed by atoms with Gasteiger partial charge in [0.05, 0.1) is 30.4 Å². The molecule has 8 heteroatoms. The molecule has 2 aliphatic heterocycles. The van der Waals surface area contributed by atoms with Gasteiger partial charge in [0.15, 0.2) is 0 Å². The van der Waals surface area contributed by atoms with E-state index in [9.17, 15) is 14.4 Å². The number of hydrogen-bond donors (Lipinski definition) is 1. The largest absolute Gasteiger partial charge is 0.378 e. The Bertz CT molecular complexity index is 957. The zero-order valence-electron chi connectivity index (χ0n) is 16.3. The van der Waals surface area contributed by atoms with E-state index in [0.717, 1.165) is 0 Å². The van der Waals surface area contributed by atoms with Crippen molar-refractivity contribution >= 4 is 40.7 Å². The fraction of sp³-hybridized carbons (Fsp3) is 0.318. The molecule has 0 spiro atoms. The smallest absolute Gasteiger partial charge is 0.256 e. The van der Waals surface area contributed by atoms with Gasteiger partial charge in [0, 0.05) is 36.8 Å². The number of hydrogen-bond acceptors (Lipinski definition) is 4. The minimum atomic E-state index is -0.500. The highest BCUT2D eigenvalue weighted by molar-refractivity contribution is 6.30. The monoisotopic (exact) mass is 427 g/mol. The standard InChI is InChI=1S/C22H22ClN3O4/c23-16-5-7-17(8-6-16)26-14-15(13-20(26)27)21(28)24-19-4-2-1-3-18(19)22(29)25-9-11-30-12-10-25/h1-8,15H,9-14H2,(H,24,28). The van der Waals surface area contributed by atoms with Gasteiger partial charge in [0.1, 0.15) is 0 Å². The first-order chi connectivity index (χ1) is 14.5. The van der Waals surface area contributed by atoms with Crippen LogP contribution in [-0.4, -0.2) is 55.5 Å². The third-order valence-corrected chi connectivity index (χ3v) is 5.60. The van der Waals surface area contributed by atoms with Gasteiger partial charge < -0.3 is 19.9 Å². The zero-order valence-corrected chi connectivity index (χ0v) is 17.1. The lowest BCUT2D eigenvalue weighted by Crippen LogP contribution is -2.41. The van der Waals surface area contributed by atoms with Crippen LogP contribution in [0.2, 0.25) is 5.02 Å². The summed E-state index contributed by atoms with van der Waals surface area (Å²) >= 11 is 5.92. The predicted octanol–water partition coefficient (Wildman–Crippen LogP) is 2.80. The molecule has 3 amide bonds. The summed E-state index contributed by atoms with van der Waals surface area (Å²) in [6, 6.07) is 13.9. The SMILES string of the molecule is O=C(Nc1ccccc1C(=O)N1CCOCC1)C1CC(=O)N(c2ccc(Cl)cc2)C1. The van der Waals surface area contributed by atoms with E-state index in [1.54, 1.807) is 58.3 Å². The van der Waals surface area contributed by atoms with Gasteiger partial charge >= 0.3 is 0 Å². The number of amides is 3.